The van der Waals surface area contributed by atoms with Gasteiger partial charge in [-0.05, 0) is 62.0 Å². The van der Waals surface area contributed by atoms with E-state index in [0.29, 0.717) is 5.92 Å². The summed E-state index contributed by atoms with van der Waals surface area (Å²) in [4.78, 5) is 1.59. The first kappa shape index (κ1) is 12.4. The van der Waals surface area contributed by atoms with E-state index in [1.165, 1.54) is 56.9 Å². The molecular formula is C16H23NS. The zero-order valence-electron chi connectivity index (χ0n) is 11.0. The summed E-state index contributed by atoms with van der Waals surface area (Å²) in [6.07, 6.45) is 12.9. The number of rotatable bonds is 2. The summed E-state index contributed by atoms with van der Waals surface area (Å²) in [5.41, 5.74) is 9.70. The molecule has 98 valence electrons. The van der Waals surface area contributed by atoms with Gasteiger partial charge in [-0.15, -0.1) is 11.3 Å². The predicted octanol–water partition coefficient (Wildman–Crippen LogP) is 4.39. The second-order valence-electron chi connectivity index (χ2n) is 5.70. The van der Waals surface area contributed by atoms with E-state index in [4.69, 9.17) is 5.73 Å². The minimum atomic E-state index is 0.275. The van der Waals surface area contributed by atoms with Gasteiger partial charge in [0.15, 0.2) is 0 Å². The first-order valence-electron chi connectivity index (χ1n) is 7.37. The van der Waals surface area contributed by atoms with Crippen molar-refractivity contribution in [1.29, 1.82) is 0 Å². The molecule has 1 nitrogen and oxygen atoms in total. The Morgan fingerprint density at radius 1 is 1.17 bits per heavy atom. The third-order valence-corrected chi connectivity index (χ3v) is 5.53. The molecule has 0 bridgehead atoms. The number of hydrogen-bond donors (Lipinski definition) is 1. The molecule has 2 N–H and O–H groups in total. The molecular weight excluding hydrogens is 238 g/mol. The normalized spacial score (nSPS) is 26.1. The molecule has 1 heterocycles. The van der Waals surface area contributed by atoms with Gasteiger partial charge in [-0.1, -0.05) is 18.1 Å². The average Bonchev–Trinajstić information content (AvgIpc) is 2.71. The van der Waals surface area contributed by atoms with Crippen molar-refractivity contribution in [1.82, 2.24) is 0 Å². The summed E-state index contributed by atoms with van der Waals surface area (Å²) >= 11 is 1.92. The number of allylic oxidation sites excluding steroid dienone is 1. The molecule has 0 amide bonds. The number of fused-ring (bicyclic) bond motifs is 1. The van der Waals surface area contributed by atoms with Crippen LogP contribution in [0.1, 0.15) is 61.3 Å². The standard InChI is InChI=1S/C16H23NS/c17-16(12-6-3-1-2-4-7-12)14-8-5-9-15-13(14)10-11-18-15/h6,10-11,14,16H,1-5,7-9,17H2. The van der Waals surface area contributed by atoms with Crippen molar-refractivity contribution in [2.75, 3.05) is 0 Å². The number of thiophene rings is 1. The van der Waals surface area contributed by atoms with Crippen molar-refractivity contribution in [3.8, 4) is 0 Å². The lowest BCUT2D eigenvalue weighted by molar-refractivity contribution is 0.492. The lowest BCUT2D eigenvalue weighted by Gasteiger charge is -2.30. The van der Waals surface area contributed by atoms with Gasteiger partial charge >= 0.3 is 0 Å². The second-order valence-corrected chi connectivity index (χ2v) is 6.70. The van der Waals surface area contributed by atoms with Crippen molar-refractivity contribution in [3.63, 3.8) is 0 Å². The highest BCUT2D eigenvalue weighted by Crippen LogP contribution is 2.39. The number of hydrogen-bond acceptors (Lipinski definition) is 2. The van der Waals surface area contributed by atoms with E-state index >= 15 is 0 Å². The molecule has 2 aliphatic rings. The SMILES string of the molecule is NC(C1=CCCCCC1)C1CCCc2sccc21. The Hall–Kier alpha value is -0.600. The largest absolute Gasteiger partial charge is 0.324 e. The maximum atomic E-state index is 6.60. The summed E-state index contributed by atoms with van der Waals surface area (Å²) in [6.45, 7) is 0. The van der Waals surface area contributed by atoms with Gasteiger partial charge in [-0.25, -0.2) is 0 Å². The molecule has 0 aliphatic heterocycles. The summed E-state index contributed by atoms with van der Waals surface area (Å²) < 4.78 is 0. The molecule has 2 aliphatic carbocycles. The Morgan fingerprint density at radius 2 is 2.11 bits per heavy atom. The van der Waals surface area contributed by atoms with Crippen molar-refractivity contribution >= 4 is 11.3 Å². The molecule has 2 heteroatoms. The topological polar surface area (TPSA) is 26.0 Å². The molecule has 1 aromatic heterocycles. The summed E-state index contributed by atoms with van der Waals surface area (Å²) in [5, 5.41) is 2.25. The molecule has 0 spiro atoms. The Bertz CT molecular complexity index is 432. The van der Waals surface area contributed by atoms with Gasteiger partial charge in [0.2, 0.25) is 0 Å². The third kappa shape index (κ3) is 2.41. The van der Waals surface area contributed by atoms with Crippen LogP contribution >= 0.6 is 11.3 Å². The molecule has 2 atom stereocenters. The van der Waals surface area contributed by atoms with E-state index in [0.717, 1.165) is 0 Å². The van der Waals surface area contributed by atoms with Crippen LogP contribution in [0.25, 0.3) is 0 Å². The molecule has 1 aromatic rings. The fourth-order valence-corrected chi connectivity index (χ4v) is 4.49. The summed E-state index contributed by atoms with van der Waals surface area (Å²) in [7, 11) is 0. The van der Waals surface area contributed by atoms with E-state index in [1.54, 1.807) is 10.4 Å². The van der Waals surface area contributed by atoms with Gasteiger partial charge in [-0.2, -0.15) is 0 Å². The van der Waals surface area contributed by atoms with Gasteiger partial charge < -0.3 is 5.73 Å². The van der Waals surface area contributed by atoms with Crippen LogP contribution in [0.5, 0.6) is 0 Å². The lowest BCUT2D eigenvalue weighted by atomic mass is 9.79. The van der Waals surface area contributed by atoms with Gasteiger partial charge in [-0.3, -0.25) is 0 Å². The highest BCUT2D eigenvalue weighted by Gasteiger charge is 2.28. The van der Waals surface area contributed by atoms with Gasteiger partial charge in [0.25, 0.3) is 0 Å². The Balaban J connectivity index is 1.81. The predicted molar refractivity (Wildman–Crippen MR) is 79.1 cm³/mol. The highest BCUT2D eigenvalue weighted by atomic mass is 32.1. The van der Waals surface area contributed by atoms with Gasteiger partial charge in [0.1, 0.15) is 0 Å². The fraction of sp³-hybridized carbons (Fsp3) is 0.625. The van der Waals surface area contributed by atoms with Crippen LogP contribution in [0.2, 0.25) is 0 Å². The fourth-order valence-electron chi connectivity index (χ4n) is 3.50. The second kappa shape index (κ2) is 5.58. The van der Waals surface area contributed by atoms with E-state index in [-0.39, 0.29) is 6.04 Å². The van der Waals surface area contributed by atoms with Crippen LogP contribution < -0.4 is 5.73 Å². The first-order chi connectivity index (χ1) is 8.86. The molecule has 0 aromatic carbocycles. The maximum absolute atomic E-state index is 6.60. The molecule has 0 saturated heterocycles. The summed E-state index contributed by atoms with van der Waals surface area (Å²) in [5.74, 6) is 0.587. The van der Waals surface area contributed by atoms with Crippen LogP contribution in [0.15, 0.2) is 23.1 Å². The van der Waals surface area contributed by atoms with Crippen molar-refractivity contribution in [3.05, 3.63) is 33.5 Å². The molecule has 0 saturated carbocycles. The Labute approximate surface area is 114 Å². The van der Waals surface area contributed by atoms with Crippen LogP contribution in [-0.4, -0.2) is 6.04 Å². The van der Waals surface area contributed by atoms with Gasteiger partial charge in [0.05, 0.1) is 0 Å². The molecule has 18 heavy (non-hydrogen) atoms. The van der Waals surface area contributed by atoms with Crippen molar-refractivity contribution < 1.29 is 0 Å². The van der Waals surface area contributed by atoms with Crippen LogP contribution in [-0.2, 0) is 6.42 Å². The molecule has 0 radical (unpaired) electrons. The average molecular weight is 261 g/mol. The van der Waals surface area contributed by atoms with E-state index in [9.17, 15) is 0 Å². The van der Waals surface area contributed by atoms with E-state index in [1.807, 2.05) is 11.3 Å². The summed E-state index contributed by atoms with van der Waals surface area (Å²) in [6, 6.07) is 2.60. The minimum absolute atomic E-state index is 0.275. The van der Waals surface area contributed by atoms with E-state index < -0.39 is 0 Å². The van der Waals surface area contributed by atoms with Crippen molar-refractivity contribution in [2.24, 2.45) is 5.73 Å². The first-order valence-corrected chi connectivity index (χ1v) is 8.25. The van der Waals surface area contributed by atoms with Gasteiger partial charge in [0, 0.05) is 16.8 Å². The lowest BCUT2D eigenvalue weighted by Crippen LogP contribution is -2.32. The zero-order chi connectivity index (χ0) is 12.4. The maximum Gasteiger partial charge on any atom is 0.0323 e. The smallest absolute Gasteiger partial charge is 0.0323 e. The molecule has 2 unspecified atom stereocenters. The van der Waals surface area contributed by atoms with Crippen LogP contribution in [0.3, 0.4) is 0 Å². The van der Waals surface area contributed by atoms with Crippen LogP contribution in [0, 0.1) is 0 Å². The van der Waals surface area contributed by atoms with E-state index in [2.05, 4.69) is 17.5 Å². The quantitative estimate of drug-likeness (QED) is 0.785. The van der Waals surface area contributed by atoms with Crippen molar-refractivity contribution in [2.45, 2.75) is 63.3 Å². The number of aryl methyl sites for hydroxylation is 1. The number of nitrogens with two attached hydrogens (primary N) is 1. The third-order valence-electron chi connectivity index (χ3n) is 4.54. The highest BCUT2D eigenvalue weighted by molar-refractivity contribution is 7.10. The zero-order valence-corrected chi connectivity index (χ0v) is 11.8. The minimum Gasteiger partial charge on any atom is -0.324 e. The Morgan fingerprint density at radius 3 is 3.06 bits per heavy atom. The Kier molecular flexibility index (Phi) is 3.86. The molecule has 0 fully saturated rings. The van der Waals surface area contributed by atoms with Crippen LogP contribution in [0.4, 0.5) is 0 Å². The molecule has 3 rings (SSSR count). The monoisotopic (exact) mass is 261 g/mol.